The molecule has 0 bridgehead atoms. The molecule has 0 unspecified atom stereocenters. The van der Waals surface area contributed by atoms with Gasteiger partial charge in [0, 0.05) is 26.1 Å². The Labute approximate surface area is 181 Å². The molecule has 0 radical (unpaired) electrons. The van der Waals surface area contributed by atoms with Crippen LogP contribution in [0, 0.1) is 6.92 Å². The molecule has 31 heavy (non-hydrogen) atoms. The van der Waals surface area contributed by atoms with Crippen molar-refractivity contribution < 1.29 is 23.9 Å². The summed E-state index contributed by atoms with van der Waals surface area (Å²) in [7, 11) is 3.20. The topological polar surface area (TPSA) is 76.2 Å². The molecule has 7 nitrogen and oxygen atoms in total. The first kappa shape index (κ1) is 20.9. The fourth-order valence-corrected chi connectivity index (χ4v) is 4.25. The number of rotatable bonds is 6. The molecule has 0 aliphatic carbocycles. The Morgan fingerprint density at radius 1 is 0.968 bits per heavy atom. The van der Waals surface area contributed by atoms with Crippen molar-refractivity contribution in [3.05, 3.63) is 58.1 Å². The summed E-state index contributed by atoms with van der Waals surface area (Å²) < 4.78 is 10.7. The number of carbonyl (C=O) groups excluding carboxylic acids is 3. The number of imide groups is 1. The molecule has 2 heterocycles. The summed E-state index contributed by atoms with van der Waals surface area (Å²) in [6.45, 7) is 3.28. The maximum Gasteiger partial charge on any atom is 0.261 e. The standard InChI is InChI=1S/C24H26N2O5/c1-15-6-7-18-19(11-15)24(29)26(23(18)28)9-4-5-22(27)25-10-8-16-12-20(30-2)21(31-3)13-17(16)14-25/h6-7,11-13H,4-5,8-10,14H2,1-3H3. The number of benzene rings is 2. The lowest BCUT2D eigenvalue weighted by Crippen LogP contribution is -2.37. The highest BCUT2D eigenvalue weighted by atomic mass is 16.5. The van der Waals surface area contributed by atoms with Gasteiger partial charge in [-0.25, -0.2) is 0 Å². The summed E-state index contributed by atoms with van der Waals surface area (Å²) in [6.07, 6.45) is 1.48. The fraction of sp³-hybridized carbons (Fsp3) is 0.375. The van der Waals surface area contributed by atoms with Gasteiger partial charge < -0.3 is 14.4 Å². The second-order valence-corrected chi connectivity index (χ2v) is 7.96. The zero-order valence-electron chi connectivity index (χ0n) is 18.1. The third-order valence-corrected chi connectivity index (χ3v) is 5.97. The van der Waals surface area contributed by atoms with Crippen LogP contribution in [0.1, 0.15) is 50.2 Å². The predicted molar refractivity (Wildman–Crippen MR) is 114 cm³/mol. The first-order chi connectivity index (χ1) is 14.9. The van der Waals surface area contributed by atoms with Crippen LogP contribution in [0.5, 0.6) is 11.5 Å². The molecule has 0 atom stereocenters. The molecule has 4 rings (SSSR count). The summed E-state index contributed by atoms with van der Waals surface area (Å²) in [4.78, 5) is 40.9. The third kappa shape index (κ3) is 3.87. The molecule has 2 aliphatic rings. The smallest absolute Gasteiger partial charge is 0.261 e. The van der Waals surface area contributed by atoms with E-state index in [4.69, 9.17) is 9.47 Å². The van der Waals surface area contributed by atoms with Crippen molar-refractivity contribution in [1.82, 2.24) is 9.80 Å². The maximum absolute atomic E-state index is 12.8. The number of hydrogen-bond acceptors (Lipinski definition) is 5. The summed E-state index contributed by atoms with van der Waals surface area (Å²) >= 11 is 0. The number of aryl methyl sites for hydroxylation is 1. The normalized spacial score (nSPS) is 15.1. The van der Waals surface area contributed by atoms with Crippen molar-refractivity contribution in [3.8, 4) is 11.5 Å². The predicted octanol–water partition coefficient (Wildman–Crippen LogP) is 2.97. The second-order valence-electron chi connectivity index (χ2n) is 7.96. The van der Waals surface area contributed by atoms with Crippen LogP contribution in [0.3, 0.4) is 0 Å². The molecule has 0 saturated heterocycles. The minimum Gasteiger partial charge on any atom is -0.493 e. The van der Waals surface area contributed by atoms with Gasteiger partial charge in [-0.2, -0.15) is 0 Å². The minimum atomic E-state index is -0.277. The average Bonchev–Trinajstić information content (AvgIpc) is 3.01. The van der Waals surface area contributed by atoms with Crippen molar-refractivity contribution in [3.63, 3.8) is 0 Å². The Kier molecular flexibility index (Phi) is 5.67. The molecule has 0 saturated carbocycles. The van der Waals surface area contributed by atoms with E-state index in [1.54, 1.807) is 26.4 Å². The number of hydrogen-bond donors (Lipinski definition) is 0. The number of amides is 3. The number of nitrogens with zero attached hydrogens (tertiary/aromatic N) is 2. The molecule has 2 aromatic carbocycles. The Bertz CT molecular complexity index is 1060. The van der Waals surface area contributed by atoms with Gasteiger partial charge in [-0.1, -0.05) is 11.6 Å². The van der Waals surface area contributed by atoms with Gasteiger partial charge in [0.1, 0.15) is 0 Å². The Morgan fingerprint density at radius 2 is 1.65 bits per heavy atom. The quantitative estimate of drug-likeness (QED) is 0.669. The molecule has 2 aromatic rings. The van der Waals surface area contributed by atoms with Crippen LogP contribution < -0.4 is 9.47 Å². The summed E-state index contributed by atoms with van der Waals surface area (Å²) in [6, 6.07) is 9.17. The van der Waals surface area contributed by atoms with E-state index < -0.39 is 0 Å². The van der Waals surface area contributed by atoms with Crippen molar-refractivity contribution >= 4 is 17.7 Å². The van der Waals surface area contributed by atoms with Crippen molar-refractivity contribution in [2.24, 2.45) is 0 Å². The minimum absolute atomic E-state index is 0.0212. The van der Waals surface area contributed by atoms with Crippen LogP contribution in [0.2, 0.25) is 0 Å². The van der Waals surface area contributed by atoms with E-state index in [2.05, 4.69) is 0 Å². The van der Waals surface area contributed by atoms with E-state index in [1.165, 1.54) is 4.90 Å². The van der Waals surface area contributed by atoms with Gasteiger partial charge >= 0.3 is 0 Å². The zero-order chi connectivity index (χ0) is 22.1. The Hall–Kier alpha value is -3.35. The van der Waals surface area contributed by atoms with Gasteiger partial charge in [-0.05, 0) is 55.2 Å². The highest BCUT2D eigenvalue weighted by Gasteiger charge is 2.35. The summed E-state index contributed by atoms with van der Waals surface area (Å²) in [5.74, 6) is 0.811. The molecule has 2 aliphatic heterocycles. The largest absolute Gasteiger partial charge is 0.493 e. The number of ether oxygens (including phenoxy) is 2. The van der Waals surface area contributed by atoms with Crippen molar-refractivity contribution in [2.75, 3.05) is 27.3 Å². The van der Waals surface area contributed by atoms with Gasteiger partial charge in [0.25, 0.3) is 11.8 Å². The van der Waals surface area contributed by atoms with Crippen LogP contribution in [0.4, 0.5) is 0 Å². The monoisotopic (exact) mass is 422 g/mol. The molecule has 0 spiro atoms. The lowest BCUT2D eigenvalue weighted by molar-refractivity contribution is -0.132. The Morgan fingerprint density at radius 3 is 2.35 bits per heavy atom. The molecular weight excluding hydrogens is 396 g/mol. The van der Waals surface area contributed by atoms with Gasteiger partial charge in [0.2, 0.25) is 5.91 Å². The van der Waals surface area contributed by atoms with Crippen LogP contribution in [0.25, 0.3) is 0 Å². The van der Waals surface area contributed by atoms with Gasteiger partial charge in [-0.3, -0.25) is 19.3 Å². The highest BCUT2D eigenvalue weighted by molar-refractivity contribution is 6.21. The van der Waals surface area contributed by atoms with Crippen LogP contribution >= 0.6 is 0 Å². The van der Waals surface area contributed by atoms with Crippen molar-refractivity contribution in [2.45, 2.75) is 32.7 Å². The first-order valence-corrected chi connectivity index (χ1v) is 10.4. The van der Waals surface area contributed by atoms with Crippen molar-refractivity contribution in [1.29, 1.82) is 0 Å². The lowest BCUT2D eigenvalue weighted by Gasteiger charge is -2.30. The van der Waals surface area contributed by atoms with E-state index in [0.29, 0.717) is 42.1 Å². The SMILES string of the molecule is COc1cc2c(cc1OC)CN(C(=O)CCCN1C(=O)c3ccc(C)cc3C1=O)CC2. The number of methoxy groups -OCH3 is 2. The third-order valence-electron chi connectivity index (χ3n) is 5.97. The summed E-state index contributed by atoms with van der Waals surface area (Å²) in [5, 5.41) is 0. The number of fused-ring (bicyclic) bond motifs is 2. The average molecular weight is 422 g/mol. The fourth-order valence-electron chi connectivity index (χ4n) is 4.25. The molecular formula is C24H26N2O5. The zero-order valence-corrected chi connectivity index (χ0v) is 18.1. The van der Waals surface area contributed by atoms with E-state index in [1.807, 2.05) is 30.0 Å². The molecule has 0 aromatic heterocycles. The van der Waals surface area contributed by atoms with E-state index in [9.17, 15) is 14.4 Å². The summed E-state index contributed by atoms with van der Waals surface area (Å²) in [5.41, 5.74) is 4.04. The Balaban J connectivity index is 1.35. The number of carbonyl (C=O) groups is 3. The lowest BCUT2D eigenvalue weighted by atomic mass is 9.98. The van der Waals surface area contributed by atoms with Crippen LogP contribution in [-0.2, 0) is 17.8 Å². The second kappa shape index (κ2) is 8.41. The molecule has 7 heteroatoms. The highest BCUT2D eigenvalue weighted by Crippen LogP contribution is 2.33. The molecule has 162 valence electrons. The molecule has 0 N–H and O–H groups in total. The van der Waals surface area contributed by atoms with Crippen LogP contribution in [-0.4, -0.2) is 54.8 Å². The maximum atomic E-state index is 12.8. The first-order valence-electron chi connectivity index (χ1n) is 10.4. The molecule has 0 fully saturated rings. The van der Waals surface area contributed by atoms with E-state index >= 15 is 0 Å². The van der Waals surface area contributed by atoms with E-state index in [-0.39, 0.29) is 30.7 Å². The van der Waals surface area contributed by atoms with E-state index in [0.717, 1.165) is 23.1 Å². The molecule has 3 amide bonds. The van der Waals surface area contributed by atoms with Gasteiger partial charge in [-0.15, -0.1) is 0 Å². The van der Waals surface area contributed by atoms with Gasteiger partial charge in [0.15, 0.2) is 11.5 Å². The van der Waals surface area contributed by atoms with Crippen LogP contribution in [0.15, 0.2) is 30.3 Å². The van der Waals surface area contributed by atoms with Gasteiger partial charge in [0.05, 0.1) is 25.3 Å².